The van der Waals surface area contributed by atoms with E-state index in [2.05, 4.69) is 15.3 Å². The maximum absolute atomic E-state index is 11.6. The summed E-state index contributed by atoms with van der Waals surface area (Å²) >= 11 is 0. The summed E-state index contributed by atoms with van der Waals surface area (Å²) in [6.45, 7) is 0. The molecule has 0 radical (unpaired) electrons. The van der Waals surface area contributed by atoms with Gasteiger partial charge in [0, 0.05) is 11.6 Å². The Kier molecular flexibility index (Phi) is 2.04. The number of nitrogens with one attached hydrogen (secondary N) is 1. The van der Waals surface area contributed by atoms with Gasteiger partial charge in [0.05, 0.1) is 5.52 Å². The molecule has 0 saturated heterocycles. The van der Waals surface area contributed by atoms with Gasteiger partial charge in [-0.2, -0.15) is 0 Å². The predicted octanol–water partition coefficient (Wildman–Crippen LogP) is 0.720. The molecule has 2 aromatic rings. The van der Waals surface area contributed by atoms with Crippen LogP contribution in [0.3, 0.4) is 0 Å². The summed E-state index contributed by atoms with van der Waals surface area (Å²) in [5.41, 5.74) is 7.19. The molecule has 1 amide bonds. The summed E-state index contributed by atoms with van der Waals surface area (Å²) in [5, 5.41) is 3.47. The fourth-order valence-electron chi connectivity index (χ4n) is 1.91. The van der Waals surface area contributed by atoms with Crippen molar-refractivity contribution in [2.24, 2.45) is 10.7 Å². The summed E-state index contributed by atoms with van der Waals surface area (Å²) in [7, 11) is 0. The number of rotatable bonds is 1. The van der Waals surface area contributed by atoms with E-state index in [4.69, 9.17) is 5.73 Å². The monoisotopic (exact) mass is 226 g/mol. The molecule has 1 atom stereocenters. The number of hydrogen-bond acceptors (Lipinski definition) is 4. The second-order valence-corrected chi connectivity index (χ2v) is 3.86. The number of aromatic nitrogens is 1. The van der Waals surface area contributed by atoms with Crippen LogP contribution in [-0.4, -0.2) is 16.9 Å². The molecule has 1 aliphatic heterocycles. The van der Waals surface area contributed by atoms with Crippen molar-refractivity contribution in [3.05, 3.63) is 42.1 Å². The van der Waals surface area contributed by atoms with E-state index in [9.17, 15) is 4.79 Å². The molecule has 5 nitrogen and oxygen atoms in total. The molecule has 0 spiro atoms. The smallest absolute Gasteiger partial charge is 0.256 e. The van der Waals surface area contributed by atoms with E-state index in [0.29, 0.717) is 0 Å². The van der Waals surface area contributed by atoms with E-state index in [0.717, 1.165) is 16.5 Å². The van der Waals surface area contributed by atoms with Gasteiger partial charge in [0.25, 0.3) is 5.91 Å². The average molecular weight is 226 g/mol. The topological polar surface area (TPSA) is 80.4 Å². The highest BCUT2D eigenvalue weighted by Gasteiger charge is 2.26. The molecule has 1 aromatic heterocycles. The number of aliphatic imine (C=N–C) groups is 1. The lowest BCUT2D eigenvalue weighted by Gasteiger charge is -2.05. The molecule has 3 N–H and O–H groups in total. The molecule has 3 rings (SSSR count). The fourth-order valence-corrected chi connectivity index (χ4v) is 1.91. The third-order valence-electron chi connectivity index (χ3n) is 2.71. The Morgan fingerprint density at radius 2 is 2.18 bits per heavy atom. The van der Waals surface area contributed by atoms with Gasteiger partial charge in [-0.1, -0.05) is 12.1 Å². The number of carbonyl (C=O) groups excluding carboxylic acids is 1. The van der Waals surface area contributed by atoms with Crippen molar-refractivity contribution in [1.29, 1.82) is 0 Å². The molecule has 1 aromatic carbocycles. The zero-order valence-electron chi connectivity index (χ0n) is 8.92. The van der Waals surface area contributed by atoms with Crippen LogP contribution < -0.4 is 11.1 Å². The van der Waals surface area contributed by atoms with E-state index in [1.54, 1.807) is 6.20 Å². The normalized spacial score (nSPS) is 19.2. The molecule has 0 fully saturated rings. The highest BCUT2D eigenvalue weighted by molar-refractivity contribution is 6.04. The van der Waals surface area contributed by atoms with Crippen molar-refractivity contribution in [1.82, 2.24) is 10.3 Å². The van der Waals surface area contributed by atoms with Crippen molar-refractivity contribution in [2.75, 3.05) is 0 Å². The Morgan fingerprint density at radius 1 is 1.29 bits per heavy atom. The van der Waals surface area contributed by atoms with Gasteiger partial charge in [-0.05, 0) is 23.8 Å². The quantitative estimate of drug-likeness (QED) is 0.751. The number of amides is 1. The van der Waals surface area contributed by atoms with Gasteiger partial charge in [-0.25, -0.2) is 4.99 Å². The number of benzene rings is 1. The molecule has 5 heteroatoms. The van der Waals surface area contributed by atoms with Crippen molar-refractivity contribution in [2.45, 2.75) is 6.04 Å². The van der Waals surface area contributed by atoms with Crippen molar-refractivity contribution < 1.29 is 4.79 Å². The minimum absolute atomic E-state index is 0.172. The van der Waals surface area contributed by atoms with Crippen molar-refractivity contribution in [3.63, 3.8) is 0 Å². The number of nitrogens with zero attached hydrogens (tertiary/aromatic N) is 2. The first-order valence-corrected chi connectivity index (χ1v) is 5.23. The first-order chi connectivity index (χ1) is 8.24. The van der Waals surface area contributed by atoms with E-state index in [1.165, 1.54) is 0 Å². The van der Waals surface area contributed by atoms with Gasteiger partial charge in [0.15, 0.2) is 12.0 Å². The van der Waals surface area contributed by atoms with Crippen LogP contribution in [0.1, 0.15) is 11.6 Å². The van der Waals surface area contributed by atoms with Gasteiger partial charge >= 0.3 is 0 Å². The highest BCUT2D eigenvalue weighted by atomic mass is 16.2. The minimum atomic E-state index is -0.542. The lowest BCUT2D eigenvalue weighted by Crippen LogP contribution is -2.31. The van der Waals surface area contributed by atoms with Gasteiger partial charge in [0.1, 0.15) is 0 Å². The second-order valence-electron chi connectivity index (χ2n) is 3.86. The Labute approximate surface area is 97.4 Å². The predicted molar refractivity (Wildman–Crippen MR) is 64.2 cm³/mol. The number of guanidine groups is 1. The zero-order chi connectivity index (χ0) is 11.8. The van der Waals surface area contributed by atoms with Crippen LogP contribution in [0.4, 0.5) is 0 Å². The molecule has 2 heterocycles. The second kappa shape index (κ2) is 3.55. The van der Waals surface area contributed by atoms with Gasteiger partial charge in [0.2, 0.25) is 0 Å². The van der Waals surface area contributed by atoms with E-state index in [1.807, 2.05) is 30.3 Å². The Morgan fingerprint density at radius 3 is 2.94 bits per heavy atom. The summed E-state index contributed by atoms with van der Waals surface area (Å²) in [4.78, 5) is 19.9. The van der Waals surface area contributed by atoms with Gasteiger partial charge in [-0.15, -0.1) is 0 Å². The van der Waals surface area contributed by atoms with Crippen molar-refractivity contribution >= 4 is 22.8 Å². The molecular formula is C12H10N4O. The first-order valence-electron chi connectivity index (χ1n) is 5.23. The molecular weight excluding hydrogens is 216 g/mol. The lowest BCUT2D eigenvalue weighted by molar-refractivity contribution is -0.120. The van der Waals surface area contributed by atoms with E-state index >= 15 is 0 Å². The zero-order valence-corrected chi connectivity index (χ0v) is 8.92. The largest absolute Gasteiger partial charge is 0.370 e. The SMILES string of the molecule is NC1=NC(c2ccc3ncccc3c2)C(=O)N1. The Hall–Kier alpha value is -2.43. The fraction of sp³-hybridized carbons (Fsp3) is 0.0833. The summed E-state index contributed by atoms with van der Waals surface area (Å²) in [5.74, 6) is -0.0166. The van der Waals surface area contributed by atoms with Crippen LogP contribution in [0, 0.1) is 0 Å². The van der Waals surface area contributed by atoms with Crippen LogP contribution in [0.2, 0.25) is 0 Å². The highest BCUT2D eigenvalue weighted by Crippen LogP contribution is 2.23. The molecule has 84 valence electrons. The average Bonchev–Trinajstić information content (AvgIpc) is 2.68. The minimum Gasteiger partial charge on any atom is -0.370 e. The third kappa shape index (κ3) is 1.61. The van der Waals surface area contributed by atoms with Crippen LogP contribution in [0.15, 0.2) is 41.5 Å². The van der Waals surface area contributed by atoms with Crippen LogP contribution >= 0.6 is 0 Å². The standard InChI is InChI=1S/C12H10N4O/c13-12-15-10(11(17)16-12)8-3-4-9-7(6-8)2-1-5-14-9/h1-6,10H,(H3,13,15,16,17). The van der Waals surface area contributed by atoms with Crippen LogP contribution in [0.25, 0.3) is 10.9 Å². The summed E-state index contributed by atoms with van der Waals surface area (Å²) in [6, 6.07) is 8.90. The molecule has 0 saturated carbocycles. The first kappa shape index (κ1) is 9.77. The number of carbonyl (C=O) groups is 1. The molecule has 17 heavy (non-hydrogen) atoms. The summed E-state index contributed by atoms with van der Waals surface area (Å²) < 4.78 is 0. The molecule has 0 bridgehead atoms. The third-order valence-corrected chi connectivity index (χ3v) is 2.71. The maximum Gasteiger partial charge on any atom is 0.256 e. The maximum atomic E-state index is 11.6. The lowest BCUT2D eigenvalue weighted by atomic mass is 10.0. The molecule has 1 aliphatic rings. The van der Waals surface area contributed by atoms with Crippen LogP contribution in [-0.2, 0) is 4.79 Å². The number of fused-ring (bicyclic) bond motifs is 1. The number of pyridine rings is 1. The van der Waals surface area contributed by atoms with Gasteiger partial charge in [-0.3, -0.25) is 15.1 Å². The van der Waals surface area contributed by atoms with E-state index < -0.39 is 6.04 Å². The Balaban J connectivity index is 2.09. The Bertz CT molecular complexity index is 635. The molecule has 0 aliphatic carbocycles. The number of hydrogen-bond donors (Lipinski definition) is 2. The number of nitrogens with two attached hydrogens (primary N) is 1. The van der Waals surface area contributed by atoms with E-state index in [-0.39, 0.29) is 11.9 Å². The van der Waals surface area contributed by atoms with Crippen molar-refractivity contribution in [3.8, 4) is 0 Å². The van der Waals surface area contributed by atoms with Crippen LogP contribution in [0.5, 0.6) is 0 Å². The summed E-state index contributed by atoms with van der Waals surface area (Å²) in [6.07, 6.45) is 1.74. The van der Waals surface area contributed by atoms with Gasteiger partial charge < -0.3 is 5.73 Å². The molecule has 1 unspecified atom stereocenters.